The highest BCUT2D eigenvalue weighted by Crippen LogP contribution is 2.12. The Hall–Kier alpha value is -3.43. The maximum Gasteiger partial charge on any atom is 0.465 e. The van der Waals surface area contributed by atoms with Crippen LogP contribution in [0.15, 0.2) is 43.0 Å². The van der Waals surface area contributed by atoms with E-state index in [1.165, 1.54) is 0 Å². The Morgan fingerprint density at radius 2 is 2.05 bits per heavy atom. The van der Waals surface area contributed by atoms with Gasteiger partial charge in [-0.05, 0) is 20.2 Å². The third-order valence-electron chi connectivity index (χ3n) is 2.80. The molecular weight excluding hydrogens is 290 g/mol. The lowest BCUT2D eigenvalue weighted by Gasteiger charge is -1.96. The number of carbonyl (C=O) groups excluding carboxylic acids is 1. The number of aromatic nitrogens is 6. The maximum atomic E-state index is 12.1. The standard InChI is InChI=1S/C12H9N7O3/c20-12(17-8-13-7-14-17)18-11(19(21)22)15-10(16-18)6-9-4-2-1-3-5-9/h1-5,7-8H,6H2. The molecule has 0 unspecified atom stereocenters. The monoisotopic (exact) mass is 299 g/mol. The minimum absolute atomic E-state index is 0.173. The largest absolute Gasteiger partial charge is 0.465 e. The first kappa shape index (κ1) is 13.5. The summed E-state index contributed by atoms with van der Waals surface area (Å²) in [4.78, 5) is 29.8. The van der Waals surface area contributed by atoms with E-state index < -0.39 is 16.9 Å². The second kappa shape index (κ2) is 5.52. The highest BCUT2D eigenvalue weighted by atomic mass is 16.6. The van der Waals surface area contributed by atoms with Crippen LogP contribution < -0.4 is 0 Å². The zero-order chi connectivity index (χ0) is 15.5. The smallest absolute Gasteiger partial charge is 0.390 e. The molecule has 3 rings (SSSR count). The molecule has 0 spiro atoms. The van der Waals surface area contributed by atoms with E-state index in [1.54, 1.807) is 0 Å². The van der Waals surface area contributed by atoms with Crippen molar-refractivity contribution in [3.63, 3.8) is 0 Å². The van der Waals surface area contributed by atoms with E-state index in [0.29, 0.717) is 4.68 Å². The third-order valence-corrected chi connectivity index (χ3v) is 2.80. The van der Waals surface area contributed by atoms with E-state index >= 15 is 0 Å². The van der Waals surface area contributed by atoms with Crippen molar-refractivity contribution in [3.8, 4) is 0 Å². The summed E-state index contributed by atoms with van der Waals surface area (Å²) in [5.74, 6) is -0.488. The molecule has 0 radical (unpaired) electrons. The average Bonchev–Trinajstić information content (AvgIpc) is 3.17. The van der Waals surface area contributed by atoms with Crippen LogP contribution >= 0.6 is 0 Å². The number of rotatable bonds is 3. The molecule has 0 amide bonds. The van der Waals surface area contributed by atoms with Crippen molar-refractivity contribution >= 4 is 12.0 Å². The number of benzene rings is 1. The van der Waals surface area contributed by atoms with E-state index in [0.717, 1.165) is 22.9 Å². The molecule has 2 aromatic heterocycles. The van der Waals surface area contributed by atoms with Gasteiger partial charge in [0.05, 0.1) is 6.42 Å². The number of nitrogens with zero attached hydrogens (tertiary/aromatic N) is 7. The van der Waals surface area contributed by atoms with E-state index in [2.05, 4.69) is 20.2 Å². The summed E-state index contributed by atoms with van der Waals surface area (Å²) in [6, 6.07) is 8.38. The molecule has 0 atom stereocenters. The Labute approximate surface area is 123 Å². The molecule has 10 nitrogen and oxygen atoms in total. The zero-order valence-corrected chi connectivity index (χ0v) is 11.1. The van der Waals surface area contributed by atoms with Gasteiger partial charge >= 0.3 is 12.0 Å². The Morgan fingerprint density at radius 1 is 1.27 bits per heavy atom. The van der Waals surface area contributed by atoms with Gasteiger partial charge in [-0.3, -0.25) is 0 Å². The van der Waals surface area contributed by atoms with Gasteiger partial charge in [0, 0.05) is 0 Å². The molecule has 2 heterocycles. The minimum atomic E-state index is -0.823. The SMILES string of the molecule is O=C(n1cncn1)n1nc(Cc2ccccc2)nc1[N+](=O)[O-]. The predicted octanol–water partition coefficient (Wildman–Crippen LogP) is 0.885. The van der Waals surface area contributed by atoms with Gasteiger partial charge in [-0.1, -0.05) is 35.4 Å². The molecule has 0 fully saturated rings. The van der Waals surface area contributed by atoms with Crippen LogP contribution in [-0.2, 0) is 6.42 Å². The fourth-order valence-corrected chi connectivity index (χ4v) is 1.85. The molecule has 22 heavy (non-hydrogen) atoms. The lowest BCUT2D eigenvalue weighted by molar-refractivity contribution is -0.395. The van der Waals surface area contributed by atoms with Crippen LogP contribution in [0.4, 0.5) is 10.7 Å². The summed E-state index contributed by atoms with van der Waals surface area (Å²) in [7, 11) is 0. The predicted molar refractivity (Wildman–Crippen MR) is 72.1 cm³/mol. The van der Waals surface area contributed by atoms with Gasteiger partial charge in [0.15, 0.2) is 0 Å². The second-order valence-corrected chi connectivity index (χ2v) is 4.28. The lowest BCUT2D eigenvalue weighted by Crippen LogP contribution is -2.22. The average molecular weight is 299 g/mol. The molecule has 0 saturated heterocycles. The molecule has 0 bridgehead atoms. The van der Waals surface area contributed by atoms with Gasteiger partial charge in [-0.25, -0.2) is 9.78 Å². The highest BCUT2D eigenvalue weighted by Gasteiger charge is 2.28. The third kappa shape index (κ3) is 2.57. The van der Waals surface area contributed by atoms with Crippen LogP contribution in [0.2, 0.25) is 0 Å². The van der Waals surface area contributed by atoms with Crippen LogP contribution in [0.25, 0.3) is 0 Å². The molecule has 3 aromatic rings. The molecule has 0 aliphatic carbocycles. The molecule has 0 aliphatic rings. The first-order valence-corrected chi connectivity index (χ1v) is 6.19. The number of nitro groups is 1. The molecule has 110 valence electrons. The fraction of sp³-hybridized carbons (Fsp3) is 0.0833. The summed E-state index contributed by atoms with van der Waals surface area (Å²) >= 11 is 0. The van der Waals surface area contributed by atoms with Gasteiger partial charge < -0.3 is 10.1 Å². The summed E-state index contributed by atoms with van der Waals surface area (Å²) < 4.78 is 1.45. The van der Waals surface area contributed by atoms with E-state index in [4.69, 9.17) is 0 Å². The molecule has 10 heteroatoms. The number of hydrogen-bond donors (Lipinski definition) is 0. The molecule has 0 saturated carbocycles. The summed E-state index contributed by atoms with van der Waals surface area (Å²) in [6.45, 7) is 0. The topological polar surface area (TPSA) is 122 Å². The zero-order valence-electron chi connectivity index (χ0n) is 11.1. The van der Waals surface area contributed by atoms with Crippen molar-refractivity contribution in [2.24, 2.45) is 0 Å². The molecule has 1 aromatic carbocycles. The van der Waals surface area contributed by atoms with Crippen molar-refractivity contribution in [2.45, 2.75) is 6.42 Å². The van der Waals surface area contributed by atoms with Gasteiger partial charge in [-0.15, -0.1) is 5.10 Å². The van der Waals surface area contributed by atoms with Crippen LogP contribution in [-0.4, -0.2) is 40.5 Å². The normalized spacial score (nSPS) is 10.5. The van der Waals surface area contributed by atoms with Crippen LogP contribution in [0.5, 0.6) is 0 Å². The van der Waals surface area contributed by atoms with Crippen molar-refractivity contribution in [3.05, 3.63) is 64.5 Å². The number of carbonyl (C=O) groups is 1. The van der Waals surface area contributed by atoms with Gasteiger partial charge in [0.1, 0.15) is 12.7 Å². The maximum absolute atomic E-state index is 12.1. The van der Waals surface area contributed by atoms with Crippen molar-refractivity contribution < 1.29 is 9.72 Å². The summed E-state index contributed by atoms with van der Waals surface area (Å²) in [5.41, 5.74) is 0.878. The van der Waals surface area contributed by atoms with Crippen molar-refractivity contribution in [1.29, 1.82) is 0 Å². The van der Waals surface area contributed by atoms with Crippen LogP contribution in [0, 0.1) is 10.1 Å². The van der Waals surface area contributed by atoms with Crippen LogP contribution in [0.1, 0.15) is 11.4 Å². The van der Waals surface area contributed by atoms with Gasteiger partial charge in [-0.2, -0.15) is 4.68 Å². The Bertz CT molecular complexity index is 811. The Morgan fingerprint density at radius 3 is 2.68 bits per heavy atom. The first-order valence-electron chi connectivity index (χ1n) is 6.19. The lowest BCUT2D eigenvalue weighted by atomic mass is 10.1. The Balaban J connectivity index is 1.96. The van der Waals surface area contributed by atoms with E-state index in [-0.39, 0.29) is 12.2 Å². The van der Waals surface area contributed by atoms with E-state index in [1.807, 2.05) is 30.3 Å². The van der Waals surface area contributed by atoms with Crippen LogP contribution in [0.3, 0.4) is 0 Å². The highest BCUT2D eigenvalue weighted by molar-refractivity contribution is 5.78. The van der Waals surface area contributed by atoms with E-state index in [9.17, 15) is 14.9 Å². The summed E-state index contributed by atoms with van der Waals surface area (Å²) in [6.07, 6.45) is 2.55. The van der Waals surface area contributed by atoms with Crippen molar-refractivity contribution in [2.75, 3.05) is 0 Å². The molecule has 0 aliphatic heterocycles. The molecule has 0 N–H and O–H groups in total. The minimum Gasteiger partial charge on any atom is -0.390 e. The Kier molecular flexibility index (Phi) is 3.40. The first-order chi connectivity index (χ1) is 10.6. The molecular formula is C12H9N7O3. The quantitative estimate of drug-likeness (QED) is 0.519. The van der Waals surface area contributed by atoms with Gasteiger partial charge in [0.25, 0.3) is 0 Å². The van der Waals surface area contributed by atoms with Crippen molar-refractivity contribution in [1.82, 2.24) is 29.5 Å². The second-order valence-electron chi connectivity index (χ2n) is 4.28. The fourth-order valence-electron chi connectivity index (χ4n) is 1.85. The number of hydrogen-bond acceptors (Lipinski definition) is 7. The summed E-state index contributed by atoms with van der Waals surface area (Å²) in [5, 5.41) is 18.6. The van der Waals surface area contributed by atoms with Gasteiger partial charge in [0.2, 0.25) is 5.82 Å².